The molecule has 0 saturated heterocycles. The molecule has 19 rings (SSSR count). The molecule has 0 aliphatic heterocycles. The number of hydrogen-bond donors (Lipinski definition) is 0. The summed E-state index contributed by atoms with van der Waals surface area (Å²) in [5, 5.41) is 0. The summed E-state index contributed by atoms with van der Waals surface area (Å²) in [4.78, 5) is 19.3. The first-order chi connectivity index (χ1) is 34.2. The minimum absolute atomic E-state index is 0.0178. The molecule has 0 amide bonds. The summed E-state index contributed by atoms with van der Waals surface area (Å²) in [6.45, 7) is 0. The molecule has 6 bridgehead atoms. The van der Waals surface area contributed by atoms with Crippen molar-refractivity contribution in [3.63, 3.8) is 0 Å². The van der Waals surface area contributed by atoms with E-state index in [2.05, 4.69) is 249 Å². The van der Waals surface area contributed by atoms with E-state index in [1.807, 2.05) is 0 Å². The van der Waals surface area contributed by atoms with E-state index in [-0.39, 0.29) is 17.8 Å². The van der Waals surface area contributed by atoms with Crippen LogP contribution in [-0.4, -0.2) is 22.2 Å². The molecule has 0 heterocycles. The fourth-order valence-electron chi connectivity index (χ4n) is 16.6. The Morgan fingerprint density at radius 3 is 0.623 bits per heavy atom. The van der Waals surface area contributed by atoms with E-state index in [4.69, 9.17) is 0 Å². The van der Waals surface area contributed by atoms with Gasteiger partial charge in [-0.05, 0) is 0 Å². The van der Waals surface area contributed by atoms with Crippen LogP contribution in [0.1, 0.15) is 128 Å². The van der Waals surface area contributed by atoms with Crippen molar-refractivity contribution < 1.29 is 4.79 Å². The topological polar surface area (TPSA) is 17.1 Å². The van der Waals surface area contributed by atoms with Crippen LogP contribution in [0.25, 0.3) is 0 Å². The zero-order valence-electron chi connectivity index (χ0n) is 37.8. The Kier molecular flexibility index (Phi) is 7.53. The molecule has 2 heteroatoms. The summed E-state index contributed by atoms with van der Waals surface area (Å²) in [7, 11) is 0. The first-order valence-corrected chi connectivity index (χ1v) is 30.4. The summed E-state index contributed by atoms with van der Waals surface area (Å²) in [6, 6.07) is 95.5. The Bertz CT molecular complexity index is 3170. The van der Waals surface area contributed by atoms with Crippen LogP contribution in [0.4, 0.5) is 0 Å². The van der Waals surface area contributed by atoms with Crippen molar-refractivity contribution in [2.45, 2.75) is 28.0 Å². The monoisotopic (exact) mass is 984 g/mol. The van der Waals surface area contributed by atoms with Crippen molar-refractivity contribution >= 4 is 22.2 Å². The zero-order chi connectivity index (χ0) is 45.3. The standard InChI is InChI=1S/3C20H13.C7H5O.Sn/c3*1-2-8-14-13(7-1)19-15-9-3-5-11-17(15)20(14)18-12-6-4-10-16(18)19;8-6-7-4-2-1-3-5-7;/h3*1-12,19H;1-5H;. The van der Waals surface area contributed by atoms with Gasteiger partial charge in [0.15, 0.2) is 0 Å². The van der Waals surface area contributed by atoms with Crippen LogP contribution < -0.4 is 0 Å². The van der Waals surface area contributed by atoms with E-state index in [0.29, 0.717) is 3.80 Å². The van der Waals surface area contributed by atoms with Gasteiger partial charge in [0.25, 0.3) is 0 Å². The van der Waals surface area contributed by atoms with E-state index in [0.717, 1.165) is 5.56 Å². The molecule has 0 unspecified atom stereocenters. The molecule has 0 fully saturated rings. The molecule has 9 aliphatic rings. The molecule has 0 N–H and O–H groups in total. The summed E-state index contributed by atoms with van der Waals surface area (Å²) < 4.78 is -2.51. The minimum atomic E-state index is -6.29. The average molecular weight is 984 g/mol. The Balaban J connectivity index is 1.32. The SMILES string of the molecule is O=[C](c1ccccc1)[Sn]([C]12c3ccccc3C(c3ccccc31)c1ccccc12)([C]12c3ccccc3C(c3ccccc31)c1ccccc12)[C]12c3ccccc3C(c3ccccc31)c1ccccc12. The van der Waals surface area contributed by atoms with Crippen LogP contribution in [0, 0.1) is 0 Å². The number of benzene rings is 10. The summed E-state index contributed by atoms with van der Waals surface area (Å²) in [5.74, 6) is 0.0533. The van der Waals surface area contributed by atoms with Gasteiger partial charge < -0.3 is 0 Å². The summed E-state index contributed by atoms with van der Waals surface area (Å²) in [6.07, 6.45) is 0. The summed E-state index contributed by atoms with van der Waals surface area (Å²) >= 11 is -6.29. The van der Waals surface area contributed by atoms with E-state index >= 15 is 4.79 Å². The molecule has 0 atom stereocenters. The molecular weight excluding hydrogens is 939 g/mol. The molecule has 0 saturated carbocycles. The van der Waals surface area contributed by atoms with Crippen LogP contribution >= 0.6 is 0 Å². The third kappa shape index (κ3) is 4.06. The zero-order valence-corrected chi connectivity index (χ0v) is 40.7. The predicted octanol–water partition coefficient (Wildman–Crippen LogP) is 14.0. The molecular formula is C67H44OSn. The van der Waals surface area contributed by atoms with Gasteiger partial charge in [0.05, 0.1) is 0 Å². The van der Waals surface area contributed by atoms with Crippen LogP contribution in [0.2, 0.25) is 0 Å². The van der Waals surface area contributed by atoms with Gasteiger partial charge in [-0.25, -0.2) is 0 Å². The van der Waals surface area contributed by atoms with Crippen LogP contribution in [-0.2, 0) is 10.3 Å². The van der Waals surface area contributed by atoms with Gasteiger partial charge in [0, 0.05) is 0 Å². The Morgan fingerprint density at radius 2 is 0.420 bits per heavy atom. The van der Waals surface area contributed by atoms with Gasteiger partial charge in [0.1, 0.15) is 0 Å². The molecule has 0 spiro atoms. The third-order valence-electron chi connectivity index (χ3n) is 18.1. The number of rotatable bonds is 5. The van der Waals surface area contributed by atoms with Crippen molar-refractivity contribution in [2.75, 3.05) is 0 Å². The normalized spacial score (nSPS) is 24.4. The Morgan fingerprint density at radius 1 is 0.246 bits per heavy atom. The van der Waals surface area contributed by atoms with Gasteiger partial charge in [-0.1, -0.05) is 0 Å². The number of hydrogen-bond acceptors (Lipinski definition) is 1. The van der Waals surface area contributed by atoms with Gasteiger partial charge >= 0.3 is 409 Å². The van der Waals surface area contributed by atoms with Gasteiger partial charge in [0.2, 0.25) is 0 Å². The van der Waals surface area contributed by atoms with E-state index in [1.54, 1.807) is 0 Å². The second-order valence-electron chi connectivity index (χ2n) is 20.3. The summed E-state index contributed by atoms with van der Waals surface area (Å²) in [5.41, 5.74) is 24.4. The molecule has 1 nitrogen and oxygen atoms in total. The quantitative estimate of drug-likeness (QED) is 0.157. The van der Waals surface area contributed by atoms with Crippen molar-refractivity contribution in [3.05, 3.63) is 354 Å². The number of carbonyl (C=O) groups is 1. The molecule has 0 radical (unpaired) electrons. The Labute approximate surface area is 406 Å². The molecule has 10 aromatic carbocycles. The second kappa shape index (κ2) is 13.5. The van der Waals surface area contributed by atoms with Crippen molar-refractivity contribution in [2.24, 2.45) is 0 Å². The van der Waals surface area contributed by atoms with Crippen molar-refractivity contribution in [3.8, 4) is 0 Å². The first kappa shape index (κ1) is 38.6. The van der Waals surface area contributed by atoms with Crippen molar-refractivity contribution in [1.82, 2.24) is 0 Å². The van der Waals surface area contributed by atoms with Crippen LogP contribution in [0.3, 0.4) is 0 Å². The average Bonchev–Trinajstić information content (AvgIpc) is 3.44. The molecule has 69 heavy (non-hydrogen) atoms. The maximum atomic E-state index is 19.3. The predicted molar refractivity (Wildman–Crippen MR) is 277 cm³/mol. The van der Waals surface area contributed by atoms with E-state index < -0.39 is 28.7 Å². The van der Waals surface area contributed by atoms with Gasteiger partial charge in [-0.15, -0.1) is 0 Å². The fourth-order valence-corrected chi connectivity index (χ4v) is 42.3. The maximum absolute atomic E-state index is 19.3. The van der Waals surface area contributed by atoms with Crippen LogP contribution in [0.15, 0.2) is 249 Å². The van der Waals surface area contributed by atoms with E-state index in [1.165, 1.54) is 100 Å². The van der Waals surface area contributed by atoms with E-state index in [9.17, 15) is 0 Å². The molecule has 9 aliphatic carbocycles. The van der Waals surface area contributed by atoms with Gasteiger partial charge in [-0.3, -0.25) is 0 Å². The van der Waals surface area contributed by atoms with Gasteiger partial charge in [-0.2, -0.15) is 0 Å². The van der Waals surface area contributed by atoms with Crippen molar-refractivity contribution in [1.29, 1.82) is 0 Å². The first-order valence-electron chi connectivity index (χ1n) is 24.7. The molecule has 0 aromatic heterocycles. The molecule has 10 aromatic rings. The molecule has 322 valence electrons. The van der Waals surface area contributed by atoms with Crippen LogP contribution in [0.5, 0.6) is 0 Å². The second-order valence-corrected chi connectivity index (χ2v) is 32.3. The Hall–Kier alpha value is -7.33. The number of carbonyl (C=O) groups excluding carboxylic acids is 1. The third-order valence-corrected chi connectivity index (χ3v) is 37.5. The fraction of sp³-hybridized carbons (Fsp3) is 0.0896.